The first-order valence-electron chi connectivity index (χ1n) is 4.97. The third-order valence-electron chi connectivity index (χ3n) is 2.01. The van der Waals surface area contributed by atoms with E-state index in [0.29, 0.717) is 0 Å². The van der Waals surface area contributed by atoms with Crippen molar-refractivity contribution in [1.29, 1.82) is 0 Å². The number of hydrogen-bond acceptors (Lipinski definition) is 2. The molecule has 0 bridgehead atoms. The third kappa shape index (κ3) is 4.31. The monoisotopic (exact) mass is 268 g/mol. The molecule has 0 atom stereocenters. The van der Waals surface area contributed by atoms with Gasteiger partial charge in [-0.3, -0.25) is 4.79 Å². The lowest BCUT2D eigenvalue weighted by atomic mass is 10.2. The fourth-order valence-corrected chi connectivity index (χ4v) is 1.23. The summed E-state index contributed by atoms with van der Waals surface area (Å²) in [7, 11) is 0. The van der Waals surface area contributed by atoms with Crippen molar-refractivity contribution in [2.45, 2.75) is 19.0 Å². The van der Waals surface area contributed by atoms with Crippen molar-refractivity contribution in [1.82, 2.24) is 0 Å². The number of aldehydes is 1. The molecule has 1 rings (SSSR count). The van der Waals surface area contributed by atoms with Gasteiger partial charge in [0.25, 0.3) is 0 Å². The standard InChI is InChI=1S/C11H9F5O2/c12-8-4-7(6-17)5-9(13)10(8)18-3-1-2-11(14,15)16/h4-6H,1-3H2. The van der Waals surface area contributed by atoms with Crippen molar-refractivity contribution < 1.29 is 31.5 Å². The summed E-state index contributed by atoms with van der Waals surface area (Å²) in [6.07, 6.45) is -5.58. The van der Waals surface area contributed by atoms with E-state index in [9.17, 15) is 26.7 Å². The van der Waals surface area contributed by atoms with Gasteiger partial charge in [0.2, 0.25) is 0 Å². The van der Waals surface area contributed by atoms with Crippen molar-refractivity contribution >= 4 is 6.29 Å². The van der Waals surface area contributed by atoms with E-state index >= 15 is 0 Å². The van der Waals surface area contributed by atoms with Crippen LogP contribution in [0.15, 0.2) is 12.1 Å². The predicted octanol–water partition coefficient (Wildman–Crippen LogP) is 3.50. The average molecular weight is 268 g/mol. The minimum Gasteiger partial charge on any atom is -0.488 e. The maximum atomic E-state index is 13.2. The molecule has 1 aromatic carbocycles. The van der Waals surface area contributed by atoms with E-state index in [2.05, 4.69) is 4.74 Å². The lowest BCUT2D eigenvalue weighted by Gasteiger charge is -2.09. The van der Waals surface area contributed by atoms with Crippen LogP contribution in [0.1, 0.15) is 23.2 Å². The number of alkyl halides is 3. The van der Waals surface area contributed by atoms with Crippen LogP contribution < -0.4 is 4.74 Å². The topological polar surface area (TPSA) is 26.3 Å². The molecule has 1 aromatic rings. The van der Waals surface area contributed by atoms with Gasteiger partial charge in [-0.25, -0.2) is 8.78 Å². The Hall–Kier alpha value is -1.66. The zero-order chi connectivity index (χ0) is 13.8. The molecule has 0 amide bonds. The summed E-state index contributed by atoms with van der Waals surface area (Å²) < 4.78 is 66.4. The molecule has 0 unspecified atom stereocenters. The zero-order valence-electron chi connectivity index (χ0n) is 9.06. The summed E-state index contributed by atoms with van der Waals surface area (Å²) in [4.78, 5) is 10.3. The van der Waals surface area contributed by atoms with E-state index in [1.807, 2.05) is 0 Å². The molecule has 7 heteroatoms. The first kappa shape index (κ1) is 14.4. The van der Waals surface area contributed by atoms with Crippen LogP contribution >= 0.6 is 0 Å². The van der Waals surface area contributed by atoms with E-state index in [0.717, 1.165) is 12.1 Å². The molecule has 0 fully saturated rings. The number of carbonyl (C=O) groups excluding carboxylic acids is 1. The van der Waals surface area contributed by atoms with Gasteiger partial charge >= 0.3 is 6.18 Å². The van der Waals surface area contributed by atoms with Gasteiger partial charge in [0.15, 0.2) is 17.4 Å². The second kappa shape index (κ2) is 5.79. The van der Waals surface area contributed by atoms with Crippen molar-refractivity contribution in [2.75, 3.05) is 6.61 Å². The number of hydrogen-bond donors (Lipinski definition) is 0. The Morgan fingerprint density at radius 2 is 1.72 bits per heavy atom. The molecule has 0 aliphatic rings. The van der Waals surface area contributed by atoms with E-state index in [4.69, 9.17) is 0 Å². The van der Waals surface area contributed by atoms with Crippen LogP contribution in [0, 0.1) is 11.6 Å². The Balaban J connectivity index is 2.60. The molecule has 18 heavy (non-hydrogen) atoms. The van der Waals surface area contributed by atoms with Gasteiger partial charge in [0.05, 0.1) is 6.61 Å². The van der Waals surface area contributed by atoms with Crippen molar-refractivity contribution in [2.24, 2.45) is 0 Å². The summed E-state index contributed by atoms with van der Waals surface area (Å²) in [5.74, 6) is -3.02. The number of rotatable bonds is 5. The molecule has 0 saturated heterocycles. The maximum absolute atomic E-state index is 13.2. The minimum atomic E-state index is -4.33. The highest BCUT2D eigenvalue weighted by molar-refractivity contribution is 5.75. The van der Waals surface area contributed by atoms with Gasteiger partial charge in [-0.2, -0.15) is 13.2 Å². The SMILES string of the molecule is O=Cc1cc(F)c(OCCCC(F)(F)F)c(F)c1. The summed E-state index contributed by atoms with van der Waals surface area (Å²) >= 11 is 0. The number of carbonyl (C=O) groups is 1. The van der Waals surface area contributed by atoms with Gasteiger partial charge in [0.1, 0.15) is 6.29 Å². The largest absolute Gasteiger partial charge is 0.488 e. The van der Waals surface area contributed by atoms with Crippen LogP contribution in [0.4, 0.5) is 22.0 Å². The van der Waals surface area contributed by atoms with Crippen molar-refractivity contribution in [3.63, 3.8) is 0 Å². The molecule has 0 saturated carbocycles. The summed E-state index contributed by atoms with van der Waals surface area (Å²) in [5, 5.41) is 0. The van der Waals surface area contributed by atoms with Crippen molar-refractivity contribution in [3.8, 4) is 5.75 Å². The summed E-state index contributed by atoms with van der Waals surface area (Å²) in [5.41, 5.74) is -0.215. The molecule has 2 nitrogen and oxygen atoms in total. The van der Waals surface area contributed by atoms with Crippen LogP contribution in [0.25, 0.3) is 0 Å². The van der Waals surface area contributed by atoms with Crippen LogP contribution in [-0.4, -0.2) is 19.1 Å². The molecular weight excluding hydrogens is 259 g/mol. The van der Waals surface area contributed by atoms with Crippen LogP contribution in [0.5, 0.6) is 5.75 Å². The van der Waals surface area contributed by atoms with Crippen LogP contribution in [-0.2, 0) is 0 Å². The Morgan fingerprint density at radius 3 is 2.17 bits per heavy atom. The molecule has 0 aromatic heterocycles. The van der Waals surface area contributed by atoms with Gasteiger partial charge in [0, 0.05) is 12.0 Å². The second-order valence-electron chi connectivity index (χ2n) is 3.50. The summed E-state index contributed by atoms with van der Waals surface area (Å²) in [6.45, 7) is -0.464. The number of ether oxygens (including phenoxy) is 1. The van der Waals surface area contributed by atoms with Crippen LogP contribution in [0.2, 0.25) is 0 Å². The molecular formula is C11H9F5O2. The summed E-state index contributed by atoms with van der Waals surface area (Å²) in [6, 6.07) is 1.49. The first-order chi connectivity index (χ1) is 8.33. The number of benzene rings is 1. The molecule has 100 valence electrons. The highest BCUT2D eigenvalue weighted by Gasteiger charge is 2.26. The number of halogens is 5. The van der Waals surface area contributed by atoms with E-state index in [1.54, 1.807) is 0 Å². The molecule has 0 spiro atoms. The van der Waals surface area contributed by atoms with E-state index in [-0.39, 0.29) is 11.8 Å². The van der Waals surface area contributed by atoms with Crippen molar-refractivity contribution in [3.05, 3.63) is 29.3 Å². The molecule has 0 radical (unpaired) electrons. The van der Waals surface area contributed by atoms with Gasteiger partial charge in [-0.1, -0.05) is 0 Å². The lowest BCUT2D eigenvalue weighted by molar-refractivity contribution is -0.136. The molecule has 0 N–H and O–H groups in total. The van der Waals surface area contributed by atoms with E-state index < -0.39 is 43.0 Å². The van der Waals surface area contributed by atoms with E-state index in [1.165, 1.54) is 0 Å². The average Bonchev–Trinajstić information content (AvgIpc) is 2.25. The van der Waals surface area contributed by atoms with Gasteiger partial charge in [-0.05, 0) is 18.6 Å². The lowest BCUT2D eigenvalue weighted by Crippen LogP contribution is -2.10. The van der Waals surface area contributed by atoms with Crippen LogP contribution in [0.3, 0.4) is 0 Å². The van der Waals surface area contributed by atoms with Gasteiger partial charge in [-0.15, -0.1) is 0 Å². The fourth-order valence-electron chi connectivity index (χ4n) is 1.23. The molecule has 0 aliphatic heterocycles. The highest BCUT2D eigenvalue weighted by Crippen LogP contribution is 2.25. The normalized spacial score (nSPS) is 11.4. The Labute approximate surface area is 99.4 Å². The second-order valence-corrected chi connectivity index (χ2v) is 3.50. The maximum Gasteiger partial charge on any atom is 0.389 e. The third-order valence-corrected chi connectivity index (χ3v) is 2.01. The highest BCUT2D eigenvalue weighted by atomic mass is 19.4. The molecule has 0 heterocycles. The zero-order valence-corrected chi connectivity index (χ0v) is 9.06. The Morgan fingerprint density at radius 1 is 1.17 bits per heavy atom. The molecule has 0 aliphatic carbocycles. The fraction of sp³-hybridized carbons (Fsp3) is 0.364. The Kier molecular flexibility index (Phi) is 4.63. The smallest absolute Gasteiger partial charge is 0.389 e. The quantitative estimate of drug-likeness (QED) is 0.464. The Bertz CT molecular complexity index is 405. The predicted molar refractivity (Wildman–Crippen MR) is 52.5 cm³/mol. The first-order valence-corrected chi connectivity index (χ1v) is 4.97. The van der Waals surface area contributed by atoms with Gasteiger partial charge < -0.3 is 4.74 Å². The minimum absolute atomic E-state index is 0.215.